The van der Waals surface area contributed by atoms with Crippen LogP contribution in [0.1, 0.15) is 0 Å². The lowest BCUT2D eigenvalue weighted by Gasteiger charge is -2.11. The highest BCUT2D eigenvalue weighted by molar-refractivity contribution is 7.92. The van der Waals surface area contributed by atoms with Gasteiger partial charge in [-0.15, -0.1) is 0 Å². The van der Waals surface area contributed by atoms with Crippen LogP contribution in [0.3, 0.4) is 0 Å². The first-order chi connectivity index (χ1) is 7.98. The van der Waals surface area contributed by atoms with E-state index in [9.17, 15) is 27.0 Å². The number of aromatic hydroxyl groups is 2. The predicted octanol–water partition coefficient (Wildman–Crippen LogP) is -0.159. The monoisotopic (exact) mass is 296 g/mol. The van der Waals surface area contributed by atoms with Crippen molar-refractivity contribution in [3.8, 4) is 11.5 Å². The molecule has 0 saturated heterocycles. The fourth-order valence-electron chi connectivity index (χ4n) is 1.14. The number of nitrogens with one attached hydrogen (secondary N) is 2. The average Bonchev–Trinajstić information content (AvgIpc) is 2.08. The van der Waals surface area contributed by atoms with Gasteiger partial charge in [0.1, 0.15) is 11.5 Å². The highest BCUT2D eigenvalue weighted by Gasteiger charge is 2.14. The van der Waals surface area contributed by atoms with Crippen molar-refractivity contribution in [2.45, 2.75) is 0 Å². The quantitative estimate of drug-likeness (QED) is 0.451. The van der Waals surface area contributed by atoms with Crippen LogP contribution in [-0.2, 0) is 20.0 Å². The molecular formula is C8H12N2O6S2. The minimum absolute atomic E-state index is 0.256. The Kier molecular flexibility index (Phi) is 3.62. The normalized spacial score (nSPS) is 12.1. The zero-order valence-corrected chi connectivity index (χ0v) is 11.1. The molecule has 0 bridgehead atoms. The second-order valence-electron chi connectivity index (χ2n) is 3.63. The minimum atomic E-state index is -3.62. The molecule has 1 rings (SSSR count). The van der Waals surface area contributed by atoms with Crippen LogP contribution in [0, 0.1) is 0 Å². The molecule has 0 amide bonds. The van der Waals surface area contributed by atoms with Crippen molar-refractivity contribution in [3.05, 3.63) is 12.1 Å². The summed E-state index contributed by atoms with van der Waals surface area (Å²) in [6, 6.07) is 1.79. The molecule has 0 aromatic heterocycles. The van der Waals surface area contributed by atoms with Crippen LogP contribution in [0.25, 0.3) is 0 Å². The Hall–Kier alpha value is -1.68. The van der Waals surface area contributed by atoms with Crippen LogP contribution in [-0.4, -0.2) is 39.6 Å². The van der Waals surface area contributed by atoms with Gasteiger partial charge in [-0.3, -0.25) is 9.44 Å². The molecule has 1 aromatic carbocycles. The molecule has 0 aliphatic heterocycles. The number of phenols is 2. The summed E-state index contributed by atoms with van der Waals surface area (Å²) in [5.74, 6) is -1.05. The van der Waals surface area contributed by atoms with E-state index in [0.717, 1.165) is 24.6 Å². The number of sulfonamides is 2. The van der Waals surface area contributed by atoms with Crippen LogP contribution < -0.4 is 9.44 Å². The smallest absolute Gasteiger partial charge is 0.229 e. The van der Waals surface area contributed by atoms with Crippen molar-refractivity contribution >= 4 is 31.4 Å². The van der Waals surface area contributed by atoms with Gasteiger partial charge in [0.05, 0.1) is 23.9 Å². The van der Waals surface area contributed by atoms with Crippen molar-refractivity contribution in [2.24, 2.45) is 0 Å². The molecule has 4 N–H and O–H groups in total. The van der Waals surface area contributed by atoms with E-state index in [4.69, 9.17) is 0 Å². The molecule has 1 aromatic rings. The Balaban J connectivity index is 3.20. The standard InChI is InChI=1S/C8H12N2O6S2/c1-17(13,14)9-5-3-8(12)6(4-7(5)11)10-18(2,15)16/h3-4,9-12H,1-2H3. The largest absolute Gasteiger partial charge is 0.506 e. The van der Waals surface area contributed by atoms with Gasteiger partial charge in [0.25, 0.3) is 0 Å². The highest BCUT2D eigenvalue weighted by atomic mass is 32.2. The lowest BCUT2D eigenvalue weighted by Crippen LogP contribution is -2.11. The SMILES string of the molecule is CS(=O)(=O)Nc1cc(O)c(NS(C)(=O)=O)cc1O. The highest BCUT2D eigenvalue weighted by Crippen LogP contribution is 2.35. The van der Waals surface area contributed by atoms with E-state index in [1.807, 2.05) is 9.44 Å². The van der Waals surface area contributed by atoms with Gasteiger partial charge in [0.15, 0.2) is 0 Å². The van der Waals surface area contributed by atoms with Gasteiger partial charge < -0.3 is 10.2 Å². The number of hydrogen-bond acceptors (Lipinski definition) is 6. The first-order valence-corrected chi connectivity index (χ1v) is 8.28. The molecule has 0 heterocycles. The number of phenolic OH excluding ortho intramolecular Hbond substituents is 2. The summed E-state index contributed by atoms with van der Waals surface area (Å²) in [5, 5.41) is 19.0. The zero-order valence-electron chi connectivity index (χ0n) is 9.50. The van der Waals surface area contributed by atoms with E-state index in [1.54, 1.807) is 0 Å². The summed E-state index contributed by atoms with van der Waals surface area (Å²) in [4.78, 5) is 0. The van der Waals surface area contributed by atoms with Gasteiger partial charge >= 0.3 is 0 Å². The van der Waals surface area contributed by atoms with Gasteiger partial charge in [-0.1, -0.05) is 0 Å². The number of hydrogen-bond donors (Lipinski definition) is 4. The third kappa shape index (κ3) is 4.30. The van der Waals surface area contributed by atoms with Gasteiger partial charge in [-0.2, -0.15) is 0 Å². The molecule has 18 heavy (non-hydrogen) atoms. The molecular weight excluding hydrogens is 284 g/mol. The molecule has 0 radical (unpaired) electrons. The Labute approximate surface area is 104 Å². The molecule has 0 saturated carbocycles. The van der Waals surface area contributed by atoms with E-state index in [2.05, 4.69) is 0 Å². The zero-order chi connectivity index (χ0) is 14.1. The average molecular weight is 296 g/mol. The molecule has 102 valence electrons. The van der Waals surface area contributed by atoms with Crippen LogP contribution in [0.4, 0.5) is 11.4 Å². The Morgan fingerprint density at radius 3 is 1.33 bits per heavy atom. The summed E-state index contributed by atoms with van der Waals surface area (Å²) in [6.45, 7) is 0. The molecule has 0 fully saturated rings. The van der Waals surface area contributed by atoms with Gasteiger partial charge in [0, 0.05) is 12.1 Å². The Morgan fingerprint density at radius 1 is 0.833 bits per heavy atom. The first kappa shape index (κ1) is 14.4. The number of benzene rings is 1. The van der Waals surface area contributed by atoms with E-state index >= 15 is 0 Å². The van der Waals surface area contributed by atoms with Crippen molar-refractivity contribution < 1.29 is 27.0 Å². The van der Waals surface area contributed by atoms with E-state index in [0.29, 0.717) is 0 Å². The summed E-state index contributed by atoms with van der Waals surface area (Å²) in [6.07, 6.45) is 1.73. The molecule has 0 aliphatic carbocycles. The van der Waals surface area contributed by atoms with Crippen molar-refractivity contribution in [1.82, 2.24) is 0 Å². The van der Waals surface area contributed by atoms with Gasteiger partial charge in [-0.25, -0.2) is 16.8 Å². The van der Waals surface area contributed by atoms with E-state index in [1.165, 1.54) is 0 Å². The van der Waals surface area contributed by atoms with Gasteiger partial charge in [-0.05, 0) is 0 Å². The molecule has 0 spiro atoms. The van der Waals surface area contributed by atoms with Crippen LogP contribution in [0.5, 0.6) is 11.5 Å². The third-order valence-corrected chi connectivity index (χ3v) is 2.89. The van der Waals surface area contributed by atoms with Crippen molar-refractivity contribution in [3.63, 3.8) is 0 Å². The second-order valence-corrected chi connectivity index (χ2v) is 7.13. The van der Waals surface area contributed by atoms with Gasteiger partial charge in [0.2, 0.25) is 20.0 Å². The lowest BCUT2D eigenvalue weighted by molar-refractivity contribution is 0.464. The molecule has 10 heteroatoms. The van der Waals surface area contributed by atoms with Crippen LogP contribution in [0.15, 0.2) is 12.1 Å². The number of rotatable bonds is 4. The maximum Gasteiger partial charge on any atom is 0.229 e. The summed E-state index contributed by atoms with van der Waals surface area (Å²) >= 11 is 0. The summed E-state index contributed by atoms with van der Waals surface area (Å²) in [7, 11) is -7.25. The van der Waals surface area contributed by atoms with E-state index in [-0.39, 0.29) is 11.4 Å². The van der Waals surface area contributed by atoms with Crippen LogP contribution in [0.2, 0.25) is 0 Å². The van der Waals surface area contributed by atoms with Crippen molar-refractivity contribution in [1.29, 1.82) is 0 Å². The fraction of sp³-hybridized carbons (Fsp3) is 0.250. The van der Waals surface area contributed by atoms with Crippen molar-refractivity contribution in [2.75, 3.05) is 22.0 Å². The Bertz CT molecular complexity index is 605. The van der Waals surface area contributed by atoms with Crippen LogP contribution >= 0.6 is 0 Å². The predicted molar refractivity (Wildman–Crippen MR) is 66.7 cm³/mol. The maximum absolute atomic E-state index is 11.0. The van der Waals surface area contributed by atoms with E-state index < -0.39 is 31.5 Å². The maximum atomic E-state index is 11.0. The minimum Gasteiger partial charge on any atom is -0.506 e. The Morgan fingerprint density at radius 2 is 1.11 bits per heavy atom. The molecule has 8 nitrogen and oxygen atoms in total. The fourth-order valence-corrected chi connectivity index (χ4v) is 2.27. The third-order valence-electron chi connectivity index (χ3n) is 1.70. The molecule has 0 aliphatic rings. The lowest BCUT2D eigenvalue weighted by atomic mass is 10.2. The topological polar surface area (TPSA) is 133 Å². The molecule has 0 unspecified atom stereocenters. The first-order valence-electron chi connectivity index (χ1n) is 4.49. The molecule has 0 atom stereocenters. The summed E-state index contributed by atoms with van der Waals surface area (Å²) in [5.41, 5.74) is -0.511. The summed E-state index contributed by atoms with van der Waals surface area (Å²) < 4.78 is 47.8. The number of anilines is 2. The second kappa shape index (κ2) is 4.53.